The third-order valence-electron chi connectivity index (χ3n) is 1.96. The molecule has 0 saturated carbocycles. The molecule has 0 aliphatic rings. The summed E-state index contributed by atoms with van der Waals surface area (Å²) in [5.74, 6) is 0. The molecule has 6 nitrogen and oxygen atoms in total. The van der Waals surface area contributed by atoms with E-state index in [2.05, 4.69) is 15.3 Å². The average molecular weight is 230 g/mol. The van der Waals surface area contributed by atoms with E-state index in [0.717, 1.165) is 6.33 Å². The molecule has 0 saturated heterocycles. The summed E-state index contributed by atoms with van der Waals surface area (Å²) < 4.78 is 0.671. The average Bonchev–Trinajstić information content (AvgIpc) is 2.33. The summed E-state index contributed by atoms with van der Waals surface area (Å²) in [6.07, 6.45) is 2.58. The van der Waals surface area contributed by atoms with E-state index in [1.807, 2.05) is 6.07 Å². The quantitative estimate of drug-likeness (QED) is 0.723. The summed E-state index contributed by atoms with van der Waals surface area (Å²) in [6.45, 7) is 0. The highest BCUT2D eigenvalue weighted by atomic mass is 16.5. The Hall–Kier alpha value is -2.63. The van der Waals surface area contributed by atoms with Gasteiger partial charge in [-0.3, -0.25) is 0 Å². The Labute approximate surface area is 96.9 Å². The maximum Gasteiger partial charge on any atom is 0.347 e. The van der Waals surface area contributed by atoms with Crippen LogP contribution in [0.25, 0.3) is 0 Å². The number of hydrogen-bond donors (Lipinski definition) is 2. The number of urea groups is 1. The van der Waals surface area contributed by atoms with Gasteiger partial charge in [-0.25, -0.2) is 9.78 Å². The van der Waals surface area contributed by atoms with Crippen LogP contribution in [-0.2, 0) is 0 Å². The number of amides is 2. The number of hydrogen-bond acceptors (Lipinski definition) is 3. The number of nitrogens with one attached hydrogen (secondary N) is 1. The van der Waals surface area contributed by atoms with Crippen LogP contribution in [0.1, 0.15) is 0 Å². The number of nitrogens with zero attached hydrogens (tertiary/aromatic N) is 3. The summed E-state index contributed by atoms with van der Waals surface area (Å²) in [5.41, 5.74) is 0.744. The Bertz CT molecular complexity index is 577. The van der Waals surface area contributed by atoms with Crippen molar-refractivity contribution in [2.45, 2.75) is 0 Å². The summed E-state index contributed by atoms with van der Waals surface area (Å²) in [4.78, 5) is 18.8. The Morgan fingerprint density at radius 2 is 2.06 bits per heavy atom. The zero-order valence-electron chi connectivity index (χ0n) is 8.82. The molecule has 2 amide bonds. The van der Waals surface area contributed by atoms with Crippen molar-refractivity contribution in [2.75, 3.05) is 5.32 Å². The Morgan fingerprint density at radius 1 is 1.29 bits per heavy atom. The lowest BCUT2D eigenvalue weighted by atomic mass is 10.3. The molecule has 2 aromatic rings. The lowest BCUT2D eigenvalue weighted by molar-refractivity contribution is 0.167. The molecule has 0 bridgehead atoms. The fourth-order valence-electron chi connectivity index (χ4n) is 1.21. The highest BCUT2D eigenvalue weighted by Gasteiger charge is 1.99. The van der Waals surface area contributed by atoms with Gasteiger partial charge in [-0.15, -0.1) is 0 Å². The van der Waals surface area contributed by atoms with Crippen LogP contribution < -0.4 is 10.8 Å². The number of carbonyl (C=O) groups is 1. The summed E-state index contributed by atoms with van der Waals surface area (Å²) in [7, 11) is 0. The Morgan fingerprint density at radius 3 is 2.76 bits per heavy atom. The van der Waals surface area contributed by atoms with Crippen LogP contribution in [0.4, 0.5) is 10.5 Å². The maximum absolute atomic E-state index is 11.5. The molecule has 2 N–H and O–H groups in total. The summed E-state index contributed by atoms with van der Waals surface area (Å²) in [6, 6.07) is 9.79. The molecular weight excluding hydrogens is 220 g/mol. The third-order valence-corrected chi connectivity index (χ3v) is 1.96. The molecule has 0 atom stereocenters. The van der Waals surface area contributed by atoms with Crippen molar-refractivity contribution in [3.63, 3.8) is 0 Å². The van der Waals surface area contributed by atoms with Crippen molar-refractivity contribution in [3.8, 4) is 0 Å². The van der Waals surface area contributed by atoms with E-state index in [9.17, 15) is 10.0 Å². The van der Waals surface area contributed by atoms with Gasteiger partial charge in [-0.05, 0) is 12.1 Å². The molecule has 1 aromatic heterocycles. The molecule has 0 fully saturated rings. The first-order valence-electron chi connectivity index (χ1n) is 4.88. The summed E-state index contributed by atoms with van der Waals surface area (Å²) in [5, 5.41) is 11.9. The molecule has 1 heterocycles. The number of anilines is 1. The van der Waals surface area contributed by atoms with Gasteiger partial charge >= 0.3 is 6.03 Å². The van der Waals surface area contributed by atoms with Gasteiger partial charge in [0.2, 0.25) is 0 Å². The molecule has 17 heavy (non-hydrogen) atoms. The third kappa shape index (κ3) is 2.91. The minimum absolute atomic E-state index is 0.105. The molecule has 0 aliphatic carbocycles. The Balaban J connectivity index is 2.18. The van der Waals surface area contributed by atoms with Crippen molar-refractivity contribution in [3.05, 3.63) is 54.4 Å². The number of aromatic nitrogens is 2. The van der Waals surface area contributed by atoms with E-state index in [1.54, 1.807) is 24.3 Å². The van der Waals surface area contributed by atoms with E-state index in [0.29, 0.717) is 10.4 Å². The van der Waals surface area contributed by atoms with Crippen LogP contribution >= 0.6 is 0 Å². The van der Waals surface area contributed by atoms with E-state index >= 15 is 0 Å². The fourth-order valence-corrected chi connectivity index (χ4v) is 1.21. The number of carbonyl (C=O) groups excluding carboxylic acids is 1. The van der Waals surface area contributed by atoms with Crippen LogP contribution in [0, 0.1) is 0 Å². The molecule has 0 aliphatic heterocycles. The van der Waals surface area contributed by atoms with Gasteiger partial charge in [-0.1, -0.05) is 18.2 Å². The predicted octanol–water partition coefficient (Wildman–Crippen LogP) is 1.25. The second-order valence-electron chi connectivity index (χ2n) is 3.19. The van der Waals surface area contributed by atoms with Crippen LogP contribution in [-0.4, -0.2) is 21.0 Å². The van der Waals surface area contributed by atoms with Gasteiger partial charge in [-0.2, -0.15) is 9.72 Å². The first-order valence-corrected chi connectivity index (χ1v) is 4.88. The standard InChI is InChI=1S/C11H10N4O2/c16-11(13-9-4-2-1-3-5-9)14-10-6-7-12-8-15(10)17/h1-8,17H,(H,13,16)/b14-10-. The zero-order valence-corrected chi connectivity index (χ0v) is 8.82. The topological polar surface area (TPSA) is 79.5 Å². The molecule has 86 valence electrons. The minimum atomic E-state index is -0.565. The van der Waals surface area contributed by atoms with Crippen LogP contribution in [0.3, 0.4) is 0 Å². The number of benzene rings is 1. The second kappa shape index (κ2) is 4.93. The lowest BCUT2D eigenvalue weighted by Crippen LogP contribution is -2.21. The van der Waals surface area contributed by atoms with E-state index in [-0.39, 0.29) is 5.49 Å². The minimum Gasteiger partial charge on any atom is -0.425 e. The number of rotatable bonds is 1. The first kappa shape index (κ1) is 10.9. The molecule has 0 unspecified atom stereocenters. The lowest BCUT2D eigenvalue weighted by Gasteiger charge is -2.00. The molecule has 0 radical (unpaired) electrons. The first-order chi connectivity index (χ1) is 8.25. The SMILES string of the molecule is O=C(/N=c1/ccncn1O)Nc1ccccc1. The monoisotopic (exact) mass is 230 g/mol. The highest BCUT2D eigenvalue weighted by molar-refractivity contribution is 5.89. The van der Waals surface area contributed by atoms with E-state index in [1.165, 1.54) is 12.3 Å². The smallest absolute Gasteiger partial charge is 0.347 e. The highest BCUT2D eigenvalue weighted by Crippen LogP contribution is 2.04. The van der Waals surface area contributed by atoms with Gasteiger partial charge in [0.15, 0.2) is 5.49 Å². The van der Waals surface area contributed by atoms with Crippen LogP contribution in [0.2, 0.25) is 0 Å². The van der Waals surface area contributed by atoms with Crippen LogP contribution in [0.5, 0.6) is 0 Å². The molecule has 6 heteroatoms. The zero-order chi connectivity index (χ0) is 12.1. The van der Waals surface area contributed by atoms with Crippen LogP contribution in [0.15, 0.2) is 53.9 Å². The largest absolute Gasteiger partial charge is 0.425 e. The van der Waals surface area contributed by atoms with Crippen molar-refractivity contribution in [1.29, 1.82) is 0 Å². The van der Waals surface area contributed by atoms with E-state index < -0.39 is 6.03 Å². The van der Waals surface area contributed by atoms with Crippen molar-refractivity contribution < 1.29 is 10.0 Å². The molecule has 0 spiro atoms. The Kier molecular flexibility index (Phi) is 3.15. The molecule has 2 rings (SSSR count). The molecular formula is C11H10N4O2. The van der Waals surface area contributed by atoms with Crippen molar-refractivity contribution in [2.24, 2.45) is 4.99 Å². The van der Waals surface area contributed by atoms with Gasteiger partial charge < -0.3 is 10.5 Å². The van der Waals surface area contributed by atoms with Gasteiger partial charge in [0.1, 0.15) is 6.33 Å². The summed E-state index contributed by atoms with van der Waals surface area (Å²) >= 11 is 0. The fraction of sp³-hybridized carbons (Fsp3) is 0. The normalized spacial score (nSPS) is 11.2. The van der Waals surface area contributed by atoms with Gasteiger partial charge in [0.25, 0.3) is 0 Å². The van der Waals surface area contributed by atoms with Gasteiger partial charge in [0.05, 0.1) is 0 Å². The number of para-hydroxylation sites is 1. The van der Waals surface area contributed by atoms with E-state index in [4.69, 9.17) is 0 Å². The van der Waals surface area contributed by atoms with Crippen molar-refractivity contribution >= 4 is 11.7 Å². The maximum atomic E-state index is 11.5. The van der Waals surface area contributed by atoms with Gasteiger partial charge in [0, 0.05) is 18.0 Å². The predicted molar refractivity (Wildman–Crippen MR) is 60.4 cm³/mol. The van der Waals surface area contributed by atoms with Crippen molar-refractivity contribution in [1.82, 2.24) is 9.71 Å². The second-order valence-corrected chi connectivity index (χ2v) is 3.19. The molecule has 1 aromatic carbocycles.